The van der Waals surface area contributed by atoms with Gasteiger partial charge in [-0.1, -0.05) is 36.9 Å². The van der Waals surface area contributed by atoms with Crippen LogP contribution in [0.15, 0.2) is 91.4 Å². The largest absolute Gasteiger partial charge is 0.492 e. The van der Waals surface area contributed by atoms with E-state index in [2.05, 4.69) is 26.8 Å². The molecule has 0 spiro atoms. The molecule has 2 aromatic heterocycles. The molecule has 5 heteroatoms. The number of aromatic nitrogens is 2. The summed E-state index contributed by atoms with van der Waals surface area (Å²) < 4.78 is 5.85. The van der Waals surface area contributed by atoms with Crippen molar-refractivity contribution in [3.8, 4) is 5.75 Å². The Labute approximate surface area is 184 Å². The van der Waals surface area contributed by atoms with Gasteiger partial charge in [0.15, 0.2) is 0 Å². The third-order valence-electron chi connectivity index (χ3n) is 5.80. The second-order valence-electron chi connectivity index (χ2n) is 7.89. The fraction of sp³-hybridized carbons (Fsp3) is 0.308. The van der Waals surface area contributed by atoms with E-state index in [1.165, 1.54) is 0 Å². The smallest absolute Gasteiger partial charge is 0.119 e. The summed E-state index contributed by atoms with van der Waals surface area (Å²) in [5, 5.41) is 3.64. The maximum atomic E-state index is 5.85. The van der Waals surface area contributed by atoms with Gasteiger partial charge in [-0.15, -0.1) is 0 Å². The maximum absolute atomic E-state index is 5.85. The van der Waals surface area contributed by atoms with Gasteiger partial charge in [0.25, 0.3) is 0 Å². The van der Waals surface area contributed by atoms with Gasteiger partial charge < -0.3 is 10.1 Å². The monoisotopic (exact) mass is 414 g/mol. The summed E-state index contributed by atoms with van der Waals surface area (Å²) in [6, 6.07) is 21.9. The first-order valence-electron chi connectivity index (χ1n) is 11.0. The Hall–Kier alpha value is -3.18. The van der Waals surface area contributed by atoms with Crippen LogP contribution in [0.2, 0.25) is 0 Å². The summed E-state index contributed by atoms with van der Waals surface area (Å²) in [5.41, 5.74) is 2.98. The van der Waals surface area contributed by atoms with E-state index >= 15 is 0 Å². The first-order valence-corrected chi connectivity index (χ1v) is 11.0. The average Bonchev–Trinajstić information content (AvgIpc) is 2.84. The van der Waals surface area contributed by atoms with Crippen molar-refractivity contribution >= 4 is 0 Å². The topological polar surface area (TPSA) is 50.3 Å². The lowest BCUT2D eigenvalue weighted by Crippen LogP contribution is -2.39. The van der Waals surface area contributed by atoms with Crippen molar-refractivity contribution in [2.45, 2.75) is 18.9 Å². The minimum atomic E-state index is -0.0906. The van der Waals surface area contributed by atoms with Gasteiger partial charge in [-0.3, -0.25) is 14.9 Å². The Morgan fingerprint density at radius 2 is 1.55 bits per heavy atom. The van der Waals surface area contributed by atoms with Crippen molar-refractivity contribution < 1.29 is 4.74 Å². The van der Waals surface area contributed by atoms with Gasteiger partial charge in [-0.25, -0.2) is 0 Å². The fourth-order valence-corrected chi connectivity index (χ4v) is 4.01. The molecule has 3 heterocycles. The van der Waals surface area contributed by atoms with Crippen molar-refractivity contribution in [1.29, 1.82) is 0 Å². The summed E-state index contributed by atoms with van der Waals surface area (Å²) in [4.78, 5) is 11.6. The summed E-state index contributed by atoms with van der Waals surface area (Å²) in [6.45, 7) is 8.17. The molecular weight excluding hydrogens is 384 g/mol. The van der Waals surface area contributed by atoms with Crippen LogP contribution in [0.4, 0.5) is 0 Å². The quantitative estimate of drug-likeness (QED) is 0.560. The molecule has 3 aromatic rings. The highest BCUT2D eigenvalue weighted by atomic mass is 16.5. The van der Waals surface area contributed by atoms with Gasteiger partial charge in [-0.05, 0) is 62.3 Å². The van der Waals surface area contributed by atoms with Crippen LogP contribution in [0.1, 0.15) is 30.3 Å². The average molecular weight is 415 g/mol. The molecule has 0 unspecified atom stereocenters. The van der Waals surface area contributed by atoms with Crippen molar-refractivity contribution in [1.82, 2.24) is 20.2 Å². The molecule has 0 atom stereocenters. The molecule has 5 nitrogen and oxygen atoms in total. The Bertz CT molecular complexity index is 886. The number of hydrogen-bond acceptors (Lipinski definition) is 5. The van der Waals surface area contributed by atoms with E-state index in [0.717, 1.165) is 61.9 Å². The summed E-state index contributed by atoms with van der Waals surface area (Å²) in [6.07, 6.45) is 5.83. The number of benzene rings is 1. The van der Waals surface area contributed by atoms with Gasteiger partial charge in [0.05, 0.1) is 11.4 Å². The third-order valence-corrected chi connectivity index (χ3v) is 5.80. The molecule has 0 amide bonds. The molecule has 1 fully saturated rings. The molecule has 0 bridgehead atoms. The van der Waals surface area contributed by atoms with E-state index < -0.39 is 0 Å². The van der Waals surface area contributed by atoms with E-state index in [-0.39, 0.29) is 6.04 Å². The number of pyridine rings is 2. The first kappa shape index (κ1) is 21.1. The van der Waals surface area contributed by atoms with Gasteiger partial charge >= 0.3 is 0 Å². The number of allylic oxidation sites excluding steroid dienone is 1. The lowest BCUT2D eigenvalue weighted by Gasteiger charge is -2.34. The third kappa shape index (κ3) is 5.92. The highest BCUT2D eigenvalue weighted by Gasteiger charge is 2.24. The number of para-hydroxylation sites is 1. The van der Waals surface area contributed by atoms with Crippen molar-refractivity contribution in [3.63, 3.8) is 0 Å². The van der Waals surface area contributed by atoms with E-state index in [4.69, 9.17) is 4.74 Å². The normalized spacial score (nSPS) is 15.0. The van der Waals surface area contributed by atoms with Crippen molar-refractivity contribution in [2.75, 3.05) is 26.2 Å². The molecule has 1 aliphatic rings. The van der Waals surface area contributed by atoms with Crippen LogP contribution in [0, 0.1) is 5.92 Å². The maximum Gasteiger partial charge on any atom is 0.119 e. The molecule has 31 heavy (non-hydrogen) atoms. The Kier molecular flexibility index (Phi) is 7.29. The molecular formula is C26H30N4O. The minimum absolute atomic E-state index is 0.0906. The van der Waals surface area contributed by atoms with E-state index in [0.29, 0.717) is 5.92 Å². The van der Waals surface area contributed by atoms with Gasteiger partial charge in [-0.2, -0.15) is 0 Å². The summed E-state index contributed by atoms with van der Waals surface area (Å²) >= 11 is 0. The number of ether oxygens (including phenoxy) is 1. The molecule has 1 aromatic carbocycles. The predicted octanol–water partition coefficient (Wildman–Crippen LogP) is 4.46. The van der Waals surface area contributed by atoms with Crippen LogP contribution < -0.4 is 10.1 Å². The fourth-order valence-electron chi connectivity index (χ4n) is 4.01. The highest BCUT2D eigenvalue weighted by Crippen LogP contribution is 2.26. The predicted molar refractivity (Wildman–Crippen MR) is 124 cm³/mol. The van der Waals surface area contributed by atoms with Crippen LogP contribution in [0.3, 0.4) is 0 Å². The van der Waals surface area contributed by atoms with Crippen LogP contribution in [0.25, 0.3) is 0 Å². The molecule has 160 valence electrons. The SMILES string of the molecule is C=C(NC(c1ccccn1)c1ccccn1)C1CCN(CCOc2ccccc2)CC1. The second kappa shape index (κ2) is 10.7. The van der Waals surface area contributed by atoms with Crippen LogP contribution in [-0.4, -0.2) is 41.1 Å². The molecule has 0 saturated carbocycles. The van der Waals surface area contributed by atoms with E-state index in [1.54, 1.807) is 0 Å². The number of nitrogens with zero attached hydrogens (tertiary/aromatic N) is 3. The molecule has 0 aliphatic carbocycles. The molecule has 1 saturated heterocycles. The van der Waals surface area contributed by atoms with Crippen LogP contribution >= 0.6 is 0 Å². The molecule has 1 aliphatic heterocycles. The molecule has 0 radical (unpaired) electrons. The Balaban J connectivity index is 1.29. The van der Waals surface area contributed by atoms with E-state index in [9.17, 15) is 0 Å². The van der Waals surface area contributed by atoms with Crippen molar-refractivity contribution in [3.05, 3.63) is 103 Å². The highest BCUT2D eigenvalue weighted by molar-refractivity contribution is 5.24. The minimum Gasteiger partial charge on any atom is -0.492 e. The van der Waals surface area contributed by atoms with Crippen LogP contribution in [-0.2, 0) is 0 Å². The number of rotatable bonds is 9. The zero-order chi connectivity index (χ0) is 21.3. The zero-order valence-electron chi connectivity index (χ0n) is 17.9. The number of likely N-dealkylation sites (tertiary alicyclic amines) is 1. The Morgan fingerprint density at radius 3 is 2.13 bits per heavy atom. The zero-order valence-corrected chi connectivity index (χ0v) is 17.9. The van der Waals surface area contributed by atoms with Crippen molar-refractivity contribution in [2.24, 2.45) is 5.92 Å². The Morgan fingerprint density at radius 1 is 0.935 bits per heavy atom. The van der Waals surface area contributed by atoms with E-state index in [1.807, 2.05) is 79.1 Å². The van der Waals surface area contributed by atoms with Crippen LogP contribution in [0.5, 0.6) is 5.75 Å². The molecule has 4 rings (SSSR count). The second-order valence-corrected chi connectivity index (χ2v) is 7.89. The number of hydrogen-bond donors (Lipinski definition) is 1. The number of piperidine rings is 1. The standard InChI is InChI=1S/C26H30N4O/c1-21(29-26(24-11-5-7-15-27-24)25-12-6-8-16-28-25)22-13-17-30(18-14-22)19-20-31-23-9-3-2-4-10-23/h2-12,15-16,22,26,29H,1,13-14,17-20H2. The van der Waals surface area contributed by atoms with Gasteiger partial charge in [0.1, 0.15) is 18.4 Å². The summed E-state index contributed by atoms with van der Waals surface area (Å²) in [7, 11) is 0. The lowest BCUT2D eigenvalue weighted by molar-refractivity contribution is 0.162. The lowest BCUT2D eigenvalue weighted by atomic mass is 9.93. The number of nitrogens with one attached hydrogen (secondary N) is 1. The van der Waals surface area contributed by atoms with Gasteiger partial charge in [0.2, 0.25) is 0 Å². The van der Waals surface area contributed by atoms with Gasteiger partial charge in [0, 0.05) is 30.6 Å². The summed E-state index contributed by atoms with van der Waals surface area (Å²) in [5.74, 6) is 1.38. The molecule has 1 N–H and O–H groups in total. The first-order chi connectivity index (χ1) is 15.3.